The molecule has 4 nitrogen and oxygen atoms in total. The second-order valence-electron chi connectivity index (χ2n) is 4.97. The molecule has 0 aliphatic carbocycles. The molecule has 0 saturated heterocycles. The number of hydrogen-bond donors (Lipinski definition) is 1. The fourth-order valence-electron chi connectivity index (χ4n) is 2.26. The number of fused-ring (bicyclic) bond motifs is 1. The Bertz CT molecular complexity index is 838. The van der Waals surface area contributed by atoms with Crippen molar-refractivity contribution < 1.29 is 18.0 Å². The van der Waals surface area contributed by atoms with Crippen LogP contribution >= 0.6 is 0 Å². The second-order valence-corrected chi connectivity index (χ2v) is 4.97. The molecule has 0 aliphatic rings. The van der Waals surface area contributed by atoms with Gasteiger partial charge in [0, 0.05) is 23.8 Å². The molecule has 0 bridgehead atoms. The summed E-state index contributed by atoms with van der Waals surface area (Å²) < 4.78 is 39.3. The summed E-state index contributed by atoms with van der Waals surface area (Å²) in [5, 5.41) is 2.59. The molecule has 0 radical (unpaired) electrons. The predicted octanol–water partition coefficient (Wildman–Crippen LogP) is 3.53. The van der Waals surface area contributed by atoms with Gasteiger partial charge in [0.1, 0.15) is 5.65 Å². The third-order valence-corrected chi connectivity index (χ3v) is 3.35. The monoisotopic (exact) mass is 319 g/mol. The SMILES string of the molecule is O=C(Cc1cccc2nccn12)Nc1ccc(C(F)(F)F)cc1. The third kappa shape index (κ3) is 3.33. The first-order chi connectivity index (χ1) is 10.9. The molecule has 0 spiro atoms. The Morgan fingerprint density at radius 3 is 2.57 bits per heavy atom. The van der Waals surface area contributed by atoms with Crippen LogP contribution in [0.4, 0.5) is 18.9 Å². The van der Waals surface area contributed by atoms with E-state index in [-0.39, 0.29) is 12.3 Å². The van der Waals surface area contributed by atoms with Crippen molar-refractivity contribution >= 4 is 17.2 Å². The molecular formula is C16H12F3N3O. The molecule has 2 heterocycles. The molecule has 2 aromatic heterocycles. The lowest BCUT2D eigenvalue weighted by molar-refractivity contribution is -0.137. The van der Waals surface area contributed by atoms with Crippen molar-refractivity contribution in [2.45, 2.75) is 12.6 Å². The van der Waals surface area contributed by atoms with E-state index in [1.165, 1.54) is 12.1 Å². The minimum Gasteiger partial charge on any atom is -0.326 e. The van der Waals surface area contributed by atoms with Crippen LogP contribution in [-0.4, -0.2) is 15.3 Å². The van der Waals surface area contributed by atoms with Crippen molar-refractivity contribution in [1.29, 1.82) is 0 Å². The van der Waals surface area contributed by atoms with Crippen molar-refractivity contribution in [2.75, 3.05) is 5.32 Å². The number of anilines is 1. The summed E-state index contributed by atoms with van der Waals surface area (Å²) in [6.45, 7) is 0. The quantitative estimate of drug-likeness (QED) is 0.803. The molecule has 0 atom stereocenters. The molecule has 118 valence electrons. The van der Waals surface area contributed by atoms with Crippen LogP contribution < -0.4 is 5.32 Å². The van der Waals surface area contributed by atoms with Gasteiger partial charge in [0.2, 0.25) is 5.91 Å². The Kier molecular flexibility index (Phi) is 3.77. The van der Waals surface area contributed by atoms with E-state index >= 15 is 0 Å². The van der Waals surface area contributed by atoms with Crippen LogP contribution in [0.25, 0.3) is 5.65 Å². The zero-order valence-electron chi connectivity index (χ0n) is 11.8. The smallest absolute Gasteiger partial charge is 0.326 e. The summed E-state index contributed by atoms with van der Waals surface area (Å²) in [5.41, 5.74) is 1.04. The van der Waals surface area contributed by atoms with Crippen LogP contribution in [0.3, 0.4) is 0 Å². The number of rotatable bonds is 3. The zero-order valence-corrected chi connectivity index (χ0v) is 11.8. The highest BCUT2D eigenvalue weighted by Crippen LogP contribution is 2.29. The number of pyridine rings is 1. The van der Waals surface area contributed by atoms with Gasteiger partial charge in [-0.15, -0.1) is 0 Å². The van der Waals surface area contributed by atoms with Crippen LogP contribution in [0.5, 0.6) is 0 Å². The average Bonchev–Trinajstić information content (AvgIpc) is 2.96. The molecule has 7 heteroatoms. The molecule has 3 aromatic rings. The zero-order chi connectivity index (χ0) is 16.4. The predicted molar refractivity (Wildman–Crippen MR) is 79.0 cm³/mol. The summed E-state index contributed by atoms with van der Waals surface area (Å²) in [7, 11) is 0. The van der Waals surface area contributed by atoms with E-state index < -0.39 is 11.7 Å². The van der Waals surface area contributed by atoms with Gasteiger partial charge in [-0.05, 0) is 36.4 Å². The van der Waals surface area contributed by atoms with Crippen molar-refractivity contribution in [2.24, 2.45) is 0 Å². The maximum Gasteiger partial charge on any atom is 0.416 e. The van der Waals surface area contributed by atoms with Gasteiger partial charge in [-0.1, -0.05) is 6.07 Å². The number of hydrogen-bond acceptors (Lipinski definition) is 2. The summed E-state index contributed by atoms with van der Waals surface area (Å²) in [4.78, 5) is 16.2. The standard InChI is InChI=1S/C16H12F3N3O/c17-16(18,19)11-4-6-12(7-5-11)21-15(23)10-13-2-1-3-14-20-8-9-22(13)14/h1-9H,10H2,(H,21,23). The first-order valence-corrected chi connectivity index (χ1v) is 6.81. The number of aromatic nitrogens is 2. The third-order valence-electron chi connectivity index (χ3n) is 3.35. The first kappa shape index (κ1) is 15.1. The number of alkyl halides is 3. The normalized spacial score (nSPS) is 11.6. The van der Waals surface area contributed by atoms with Gasteiger partial charge in [-0.3, -0.25) is 4.79 Å². The summed E-state index contributed by atoms with van der Waals surface area (Å²) in [6.07, 6.45) is -0.920. The highest BCUT2D eigenvalue weighted by atomic mass is 19.4. The molecule has 23 heavy (non-hydrogen) atoms. The van der Waals surface area contributed by atoms with E-state index in [1.54, 1.807) is 28.9 Å². The first-order valence-electron chi connectivity index (χ1n) is 6.81. The van der Waals surface area contributed by atoms with Gasteiger partial charge in [0.25, 0.3) is 0 Å². The van der Waals surface area contributed by atoms with Gasteiger partial charge in [0.05, 0.1) is 12.0 Å². The Balaban J connectivity index is 1.71. The van der Waals surface area contributed by atoms with Crippen LogP contribution in [0.2, 0.25) is 0 Å². The molecule has 1 amide bonds. The van der Waals surface area contributed by atoms with E-state index in [9.17, 15) is 18.0 Å². The number of carbonyl (C=O) groups excluding carboxylic acids is 1. The lowest BCUT2D eigenvalue weighted by Crippen LogP contribution is -2.16. The topological polar surface area (TPSA) is 46.4 Å². The van der Waals surface area contributed by atoms with Crippen molar-refractivity contribution in [1.82, 2.24) is 9.38 Å². The summed E-state index contributed by atoms with van der Waals surface area (Å²) in [5.74, 6) is -0.314. The molecule has 1 N–H and O–H groups in total. The number of nitrogens with one attached hydrogen (secondary N) is 1. The molecule has 0 unspecified atom stereocenters. The molecular weight excluding hydrogens is 307 g/mol. The molecule has 0 aliphatic heterocycles. The van der Waals surface area contributed by atoms with Gasteiger partial charge in [0.15, 0.2) is 0 Å². The van der Waals surface area contributed by atoms with Gasteiger partial charge < -0.3 is 9.72 Å². The van der Waals surface area contributed by atoms with Crippen LogP contribution in [0.1, 0.15) is 11.3 Å². The largest absolute Gasteiger partial charge is 0.416 e. The van der Waals surface area contributed by atoms with E-state index in [1.807, 2.05) is 6.07 Å². The van der Waals surface area contributed by atoms with Crippen LogP contribution in [0, 0.1) is 0 Å². The minimum atomic E-state index is -4.39. The van der Waals surface area contributed by atoms with Crippen molar-refractivity contribution in [3.63, 3.8) is 0 Å². The summed E-state index contributed by atoms with van der Waals surface area (Å²) >= 11 is 0. The average molecular weight is 319 g/mol. The fourth-order valence-corrected chi connectivity index (χ4v) is 2.26. The molecule has 0 saturated carbocycles. The Hall–Kier alpha value is -2.83. The Labute approximate surface area is 129 Å². The number of amides is 1. The number of halogens is 3. The van der Waals surface area contributed by atoms with E-state index in [2.05, 4.69) is 10.3 Å². The second kappa shape index (κ2) is 5.75. The van der Waals surface area contributed by atoms with Crippen molar-refractivity contribution in [3.8, 4) is 0 Å². The maximum atomic E-state index is 12.5. The van der Waals surface area contributed by atoms with Gasteiger partial charge in [-0.2, -0.15) is 13.2 Å². The molecule has 1 aromatic carbocycles. The van der Waals surface area contributed by atoms with Crippen LogP contribution in [-0.2, 0) is 17.4 Å². The lowest BCUT2D eigenvalue weighted by Gasteiger charge is -2.09. The highest BCUT2D eigenvalue weighted by molar-refractivity contribution is 5.92. The number of imidazole rings is 1. The van der Waals surface area contributed by atoms with E-state index in [4.69, 9.17) is 0 Å². The van der Waals surface area contributed by atoms with Gasteiger partial charge >= 0.3 is 6.18 Å². The van der Waals surface area contributed by atoms with Crippen molar-refractivity contribution in [3.05, 3.63) is 66.1 Å². The van der Waals surface area contributed by atoms with E-state index in [0.717, 1.165) is 23.5 Å². The lowest BCUT2D eigenvalue weighted by atomic mass is 10.2. The van der Waals surface area contributed by atoms with Gasteiger partial charge in [-0.25, -0.2) is 4.98 Å². The number of benzene rings is 1. The van der Waals surface area contributed by atoms with Crippen LogP contribution in [0.15, 0.2) is 54.9 Å². The van der Waals surface area contributed by atoms with E-state index in [0.29, 0.717) is 5.69 Å². The maximum absolute atomic E-state index is 12.5. The molecule has 3 rings (SSSR count). The highest BCUT2D eigenvalue weighted by Gasteiger charge is 2.29. The fraction of sp³-hybridized carbons (Fsp3) is 0.125. The summed E-state index contributed by atoms with van der Waals surface area (Å²) in [6, 6.07) is 9.75. The number of carbonyl (C=O) groups is 1. The number of nitrogens with zero attached hydrogens (tertiary/aromatic N) is 2. The Morgan fingerprint density at radius 1 is 1.13 bits per heavy atom. The molecule has 0 fully saturated rings. The minimum absolute atomic E-state index is 0.0920. The Morgan fingerprint density at radius 2 is 1.87 bits per heavy atom.